The number of hydrogen-bond donors (Lipinski definition) is 1. The molecule has 2 unspecified atom stereocenters. The van der Waals surface area contributed by atoms with E-state index in [0.29, 0.717) is 0 Å². The number of likely N-dealkylation sites (tertiary alicyclic amines) is 1. The van der Waals surface area contributed by atoms with E-state index in [1.54, 1.807) is 0 Å². The van der Waals surface area contributed by atoms with Gasteiger partial charge in [0.15, 0.2) is 0 Å². The van der Waals surface area contributed by atoms with Crippen molar-refractivity contribution < 1.29 is 0 Å². The van der Waals surface area contributed by atoms with Gasteiger partial charge in [-0.05, 0) is 38.8 Å². The molecular weight excluding hydrogens is 148 g/mol. The van der Waals surface area contributed by atoms with E-state index in [9.17, 15) is 0 Å². The summed E-state index contributed by atoms with van der Waals surface area (Å²) in [6.45, 7) is 7.96. The Hall–Kier alpha value is -0.0800. The molecule has 0 aromatic heterocycles. The van der Waals surface area contributed by atoms with Crippen molar-refractivity contribution in [2.24, 2.45) is 11.7 Å². The number of hydrogen-bond acceptors (Lipinski definition) is 2. The standard InChI is InChI=1S/C10H22N2/c1-3-4-9(2)12-6-5-10(7-11)8-12/h9-10H,3-8,11H2,1-2H3. The van der Waals surface area contributed by atoms with Crippen LogP contribution in [0.3, 0.4) is 0 Å². The zero-order valence-corrected chi connectivity index (χ0v) is 8.42. The van der Waals surface area contributed by atoms with Crippen LogP contribution in [-0.2, 0) is 0 Å². The van der Waals surface area contributed by atoms with Crippen molar-refractivity contribution in [2.75, 3.05) is 19.6 Å². The van der Waals surface area contributed by atoms with Gasteiger partial charge in [-0.1, -0.05) is 13.3 Å². The number of nitrogens with zero attached hydrogens (tertiary/aromatic N) is 1. The Bertz CT molecular complexity index is 125. The summed E-state index contributed by atoms with van der Waals surface area (Å²) in [5, 5.41) is 0. The van der Waals surface area contributed by atoms with Crippen LogP contribution in [0.2, 0.25) is 0 Å². The van der Waals surface area contributed by atoms with Crippen molar-refractivity contribution >= 4 is 0 Å². The van der Waals surface area contributed by atoms with Crippen molar-refractivity contribution in [3.63, 3.8) is 0 Å². The Kier molecular flexibility index (Phi) is 4.02. The topological polar surface area (TPSA) is 29.3 Å². The molecule has 2 heteroatoms. The minimum Gasteiger partial charge on any atom is -0.330 e. The zero-order valence-electron chi connectivity index (χ0n) is 8.42. The maximum Gasteiger partial charge on any atom is 0.00669 e. The van der Waals surface area contributed by atoms with Crippen LogP contribution < -0.4 is 5.73 Å². The minimum atomic E-state index is 0.768. The molecule has 1 rings (SSSR count). The molecular formula is C10H22N2. The van der Waals surface area contributed by atoms with Gasteiger partial charge in [0, 0.05) is 12.6 Å². The Morgan fingerprint density at radius 2 is 2.33 bits per heavy atom. The monoisotopic (exact) mass is 170 g/mol. The summed E-state index contributed by atoms with van der Waals surface area (Å²) in [5.74, 6) is 0.768. The van der Waals surface area contributed by atoms with E-state index >= 15 is 0 Å². The molecule has 1 heterocycles. The molecule has 0 bridgehead atoms. The van der Waals surface area contributed by atoms with Crippen molar-refractivity contribution in [1.29, 1.82) is 0 Å². The highest BCUT2D eigenvalue weighted by atomic mass is 15.2. The van der Waals surface area contributed by atoms with Crippen LogP contribution in [0, 0.1) is 5.92 Å². The molecule has 1 saturated heterocycles. The van der Waals surface area contributed by atoms with Crippen molar-refractivity contribution in [3.8, 4) is 0 Å². The van der Waals surface area contributed by atoms with Crippen molar-refractivity contribution in [1.82, 2.24) is 4.90 Å². The molecule has 0 aromatic carbocycles. The van der Waals surface area contributed by atoms with Crippen LogP contribution in [-0.4, -0.2) is 30.6 Å². The first-order valence-corrected chi connectivity index (χ1v) is 5.22. The van der Waals surface area contributed by atoms with Gasteiger partial charge < -0.3 is 10.6 Å². The first-order valence-electron chi connectivity index (χ1n) is 5.22. The molecule has 0 saturated carbocycles. The zero-order chi connectivity index (χ0) is 8.97. The largest absolute Gasteiger partial charge is 0.330 e. The van der Waals surface area contributed by atoms with E-state index in [-0.39, 0.29) is 0 Å². The smallest absolute Gasteiger partial charge is 0.00669 e. The highest BCUT2D eigenvalue weighted by Crippen LogP contribution is 2.19. The highest BCUT2D eigenvalue weighted by Gasteiger charge is 2.24. The highest BCUT2D eigenvalue weighted by molar-refractivity contribution is 4.79. The molecule has 2 N–H and O–H groups in total. The molecule has 1 fully saturated rings. The lowest BCUT2D eigenvalue weighted by Crippen LogP contribution is -2.31. The average Bonchev–Trinajstić information content (AvgIpc) is 2.52. The molecule has 1 aliphatic rings. The third-order valence-corrected chi connectivity index (χ3v) is 2.98. The van der Waals surface area contributed by atoms with Crippen LogP contribution in [0.5, 0.6) is 0 Å². The lowest BCUT2D eigenvalue weighted by atomic mass is 10.1. The summed E-state index contributed by atoms with van der Waals surface area (Å²) in [7, 11) is 0. The van der Waals surface area contributed by atoms with E-state index < -0.39 is 0 Å². The Morgan fingerprint density at radius 3 is 2.83 bits per heavy atom. The molecule has 0 spiro atoms. The summed E-state index contributed by atoms with van der Waals surface area (Å²) in [6.07, 6.45) is 3.94. The van der Waals surface area contributed by atoms with Gasteiger partial charge in [-0.25, -0.2) is 0 Å². The quantitative estimate of drug-likeness (QED) is 0.692. The second-order valence-electron chi connectivity index (χ2n) is 4.02. The summed E-state index contributed by atoms with van der Waals surface area (Å²) in [6, 6.07) is 0.770. The normalized spacial score (nSPS) is 27.8. The maximum atomic E-state index is 5.64. The Labute approximate surface area is 76.1 Å². The predicted molar refractivity (Wildman–Crippen MR) is 53.1 cm³/mol. The van der Waals surface area contributed by atoms with Crippen molar-refractivity contribution in [3.05, 3.63) is 0 Å². The van der Waals surface area contributed by atoms with Gasteiger partial charge >= 0.3 is 0 Å². The molecule has 0 radical (unpaired) electrons. The van der Waals surface area contributed by atoms with Crippen LogP contribution in [0.15, 0.2) is 0 Å². The van der Waals surface area contributed by atoms with Crippen LogP contribution >= 0.6 is 0 Å². The minimum absolute atomic E-state index is 0.768. The van der Waals surface area contributed by atoms with E-state index in [0.717, 1.165) is 18.5 Å². The van der Waals surface area contributed by atoms with Gasteiger partial charge in [-0.15, -0.1) is 0 Å². The van der Waals surface area contributed by atoms with Crippen LogP contribution in [0.25, 0.3) is 0 Å². The average molecular weight is 170 g/mol. The van der Waals surface area contributed by atoms with Crippen molar-refractivity contribution in [2.45, 2.75) is 39.2 Å². The predicted octanol–water partition coefficient (Wildman–Crippen LogP) is 1.46. The molecule has 72 valence electrons. The first-order chi connectivity index (χ1) is 5.77. The van der Waals surface area contributed by atoms with Crippen LogP contribution in [0.4, 0.5) is 0 Å². The summed E-state index contributed by atoms with van der Waals surface area (Å²) >= 11 is 0. The summed E-state index contributed by atoms with van der Waals surface area (Å²) in [5.41, 5.74) is 5.64. The summed E-state index contributed by atoms with van der Waals surface area (Å²) < 4.78 is 0. The van der Waals surface area contributed by atoms with E-state index in [1.165, 1.54) is 32.4 Å². The van der Waals surface area contributed by atoms with E-state index in [4.69, 9.17) is 5.73 Å². The second-order valence-corrected chi connectivity index (χ2v) is 4.02. The molecule has 1 aliphatic heterocycles. The van der Waals surface area contributed by atoms with E-state index in [1.807, 2.05) is 0 Å². The first kappa shape index (κ1) is 10.0. The maximum absolute atomic E-state index is 5.64. The molecule has 0 aromatic rings. The third-order valence-electron chi connectivity index (χ3n) is 2.98. The van der Waals surface area contributed by atoms with Crippen LogP contribution in [0.1, 0.15) is 33.1 Å². The van der Waals surface area contributed by atoms with Gasteiger partial charge in [0.2, 0.25) is 0 Å². The molecule has 2 nitrogen and oxygen atoms in total. The SMILES string of the molecule is CCCC(C)N1CCC(CN)C1. The Balaban J connectivity index is 2.25. The third kappa shape index (κ3) is 2.46. The van der Waals surface area contributed by atoms with Gasteiger partial charge in [-0.3, -0.25) is 0 Å². The molecule has 0 aliphatic carbocycles. The fourth-order valence-electron chi connectivity index (χ4n) is 2.06. The van der Waals surface area contributed by atoms with Gasteiger partial charge in [0.05, 0.1) is 0 Å². The fraction of sp³-hybridized carbons (Fsp3) is 1.00. The summed E-state index contributed by atoms with van der Waals surface area (Å²) in [4.78, 5) is 2.58. The fourth-order valence-corrected chi connectivity index (χ4v) is 2.06. The van der Waals surface area contributed by atoms with E-state index in [2.05, 4.69) is 18.7 Å². The van der Waals surface area contributed by atoms with Gasteiger partial charge in [-0.2, -0.15) is 0 Å². The van der Waals surface area contributed by atoms with Gasteiger partial charge in [0.25, 0.3) is 0 Å². The molecule has 12 heavy (non-hydrogen) atoms. The van der Waals surface area contributed by atoms with Gasteiger partial charge in [0.1, 0.15) is 0 Å². The number of nitrogens with two attached hydrogens (primary N) is 1. The Morgan fingerprint density at radius 1 is 1.58 bits per heavy atom. The lowest BCUT2D eigenvalue weighted by molar-refractivity contribution is 0.237. The number of rotatable bonds is 4. The second kappa shape index (κ2) is 4.83. The molecule has 0 amide bonds. The molecule has 2 atom stereocenters. The lowest BCUT2D eigenvalue weighted by Gasteiger charge is -2.23.